The number of carbonyl (C=O) groups is 1. The summed E-state index contributed by atoms with van der Waals surface area (Å²) in [6.45, 7) is 3.33. The number of amides is 1. The van der Waals surface area contributed by atoms with Crippen molar-refractivity contribution in [2.45, 2.75) is 24.5 Å². The van der Waals surface area contributed by atoms with E-state index in [1.165, 1.54) is 18.2 Å². The number of nitro groups is 1. The number of hydrogen-bond donors (Lipinski definition) is 1. The van der Waals surface area contributed by atoms with E-state index in [1.807, 2.05) is 30.3 Å². The molecular weight excluding hydrogens is 422 g/mol. The maximum Gasteiger partial charge on any atom is 0.407 e. The van der Waals surface area contributed by atoms with Gasteiger partial charge in [-0.3, -0.25) is 10.1 Å². The van der Waals surface area contributed by atoms with E-state index in [9.17, 15) is 14.9 Å². The molecule has 1 amide bonds. The molecule has 2 aliphatic heterocycles. The summed E-state index contributed by atoms with van der Waals surface area (Å²) < 4.78 is 11.7. The predicted molar refractivity (Wildman–Crippen MR) is 115 cm³/mol. The van der Waals surface area contributed by atoms with E-state index in [0.29, 0.717) is 30.3 Å². The second-order valence-electron chi connectivity index (χ2n) is 7.89. The molecule has 2 aromatic rings. The maximum atomic E-state index is 11.4. The SMILES string of the molecule is O=C1NCC2(CCN(CCOC(c3ccccc3)c3cc([N+](=O)[O-])ccc3Cl)CC2)O1. The van der Waals surface area contributed by atoms with Crippen LogP contribution in [0.5, 0.6) is 0 Å². The zero-order valence-electron chi connectivity index (χ0n) is 17.0. The van der Waals surface area contributed by atoms with Crippen LogP contribution in [0, 0.1) is 10.1 Å². The number of nitro benzene ring substituents is 1. The number of non-ortho nitro benzene ring substituents is 1. The Morgan fingerprint density at radius 2 is 1.97 bits per heavy atom. The van der Waals surface area contributed by atoms with Crippen LogP contribution in [0.2, 0.25) is 5.02 Å². The molecule has 164 valence electrons. The molecule has 2 aromatic carbocycles. The van der Waals surface area contributed by atoms with Crippen molar-refractivity contribution < 1.29 is 19.2 Å². The Morgan fingerprint density at radius 1 is 1.23 bits per heavy atom. The van der Waals surface area contributed by atoms with Gasteiger partial charge in [-0.1, -0.05) is 41.9 Å². The molecule has 2 aliphatic rings. The molecule has 2 heterocycles. The molecule has 1 N–H and O–H groups in total. The summed E-state index contributed by atoms with van der Waals surface area (Å²) in [5, 5.41) is 14.4. The standard InChI is InChI=1S/C22H24ClN3O5/c23-19-7-6-17(26(28)29)14-18(19)20(16-4-2-1-3-5-16)30-13-12-25-10-8-22(9-11-25)15-24-21(27)31-22/h1-7,14,20H,8-13,15H2,(H,24,27). The highest BCUT2D eigenvalue weighted by Gasteiger charge is 2.42. The van der Waals surface area contributed by atoms with E-state index < -0.39 is 11.0 Å². The lowest BCUT2D eigenvalue weighted by Gasteiger charge is -2.37. The van der Waals surface area contributed by atoms with Crippen molar-refractivity contribution in [3.05, 3.63) is 74.8 Å². The molecule has 0 aromatic heterocycles. The number of nitrogens with zero attached hydrogens (tertiary/aromatic N) is 2. The second-order valence-corrected chi connectivity index (χ2v) is 8.30. The number of ether oxygens (including phenoxy) is 2. The molecule has 2 fully saturated rings. The van der Waals surface area contributed by atoms with Gasteiger partial charge >= 0.3 is 6.09 Å². The molecule has 9 heteroatoms. The van der Waals surface area contributed by atoms with Crippen LogP contribution < -0.4 is 5.32 Å². The highest BCUT2D eigenvalue weighted by atomic mass is 35.5. The number of hydrogen-bond acceptors (Lipinski definition) is 6. The highest BCUT2D eigenvalue weighted by molar-refractivity contribution is 6.31. The van der Waals surface area contributed by atoms with E-state index in [1.54, 1.807) is 0 Å². The second kappa shape index (κ2) is 9.21. The van der Waals surface area contributed by atoms with Crippen molar-refractivity contribution in [3.8, 4) is 0 Å². The Balaban J connectivity index is 1.42. The Morgan fingerprint density at radius 3 is 2.61 bits per heavy atom. The molecule has 1 unspecified atom stereocenters. The van der Waals surface area contributed by atoms with Gasteiger partial charge < -0.3 is 19.7 Å². The first-order chi connectivity index (χ1) is 15.0. The van der Waals surface area contributed by atoms with Gasteiger partial charge in [-0.15, -0.1) is 0 Å². The molecule has 0 radical (unpaired) electrons. The number of rotatable bonds is 7. The average molecular weight is 446 g/mol. The number of benzene rings is 2. The average Bonchev–Trinajstić information content (AvgIpc) is 3.14. The molecule has 1 spiro atoms. The van der Waals surface area contributed by atoms with Crippen LogP contribution in [0.15, 0.2) is 48.5 Å². The largest absolute Gasteiger partial charge is 0.441 e. The van der Waals surface area contributed by atoms with Gasteiger partial charge in [0.25, 0.3) is 5.69 Å². The summed E-state index contributed by atoms with van der Waals surface area (Å²) in [6, 6.07) is 14.0. The van der Waals surface area contributed by atoms with E-state index in [4.69, 9.17) is 21.1 Å². The molecule has 0 aliphatic carbocycles. The van der Waals surface area contributed by atoms with Gasteiger partial charge in [-0.05, 0) is 11.6 Å². The molecule has 1 atom stereocenters. The van der Waals surface area contributed by atoms with Crippen molar-refractivity contribution in [3.63, 3.8) is 0 Å². The number of halogens is 1. The van der Waals surface area contributed by atoms with E-state index in [2.05, 4.69) is 10.2 Å². The van der Waals surface area contributed by atoms with Crippen LogP contribution in [-0.4, -0.2) is 54.3 Å². The van der Waals surface area contributed by atoms with Crippen molar-refractivity contribution in [1.82, 2.24) is 10.2 Å². The van der Waals surface area contributed by atoms with Gasteiger partial charge in [-0.2, -0.15) is 0 Å². The van der Waals surface area contributed by atoms with Crippen molar-refractivity contribution in [2.75, 3.05) is 32.8 Å². The summed E-state index contributed by atoms with van der Waals surface area (Å²) in [4.78, 5) is 24.5. The summed E-state index contributed by atoms with van der Waals surface area (Å²) in [6.07, 6.45) is 0.718. The third-order valence-corrected chi connectivity index (χ3v) is 6.24. The first-order valence-corrected chi connectivity index (χ1v) is 10.6. The molecule has 8 nitrogen and oxygen atoms in total. The quantitative estimate of drug-likeness (QED) is 0.512. The summed E-state index contributed by atoms with van der Waals surface area (Å²) in [7, 11) is 0. The smallest absolute Gasteiger partial charge is 0.407 e. The van der Waals surface area contributed by atoms with Crippen LogP contribution >= 0.6 is 11.6 Å². The Bertz CT molecular complexity index is 947. The lowest BCUT2D eigenvalue weighted by Crippen LogP contribution is -2.47. The number of carbonyl (C=O) groups excluding carboxylic acids is 1. The maximum absolute atomic E-state index is 11.4. The molecule has 0 bridgehead atoms. The first kappa shape index (κ1) is 21.5. The fourth-order valence-corrected chi connectivity index (χ4v) is 4.32. The van der Waals surface area contributed by atoms with Crippen LogP contribution in [0.3, 0.4) is 0 Å². The van der Waals surface area contributed by atoms with E-state index >= 15 is 0 Å². The van der Waals surface area contributed by atoms with Gasteiger partial charge in [0.05, 0.1) is 18.1 Å². The molecule has 0 saturated carbocycles. The van der Waals surface area contributed by atoms with Crippen molar-refractivity contribution in [1.29, 1.82) is 0 Å². The third-order valence-electron chi connectivity index (χ3n) is 5.90. The molecule has 2 saturated heterocycles. The van der Waals surface area contributed by atoms with Crippen molar-refractivity contribution >= 4 is 23.4 Å². The van der Waals surface area contributed by atoms with Gasteiger partial charge in [0, 0.05) is 55.2 Å². The number of likely N-dealkylation sites (tertiary alicyclic amines) is 1. The zero-order valence-corrected chi connectivity index (χ0v) is 17.7. The number of piperidine rings is 1. The monoisotopic (exact) mass is 445 g/mol. The minimum Gasteiger partial charge on any atom is -0.441 e. The molecular formula is C22H24ClN3O5. The Labute approximate surface area is 185 Å². The summed E-state index contributed by atoms with van der Waals surface area (Å²) in [5.41, 5.74) is 1.05. The van der Waals surface area contributed by atoms with Crippen LogP contribution in [0.25, 0.3) is 0 Å². The predicted octanol–water partition coefficient (Wildman–Crippen LogP) is 3.93. The third kappa shape index (κ3) is 4.98. The van der Waals surface area contributed by atoms with E-state index in [0.717, 1.165) is 31.5 Å². The van der Waals surface area contributed by atoms with Gasteiger partial charge in [0.1, 0.15) is 11.7 Å². The van der Waals surface area contributed by atoms with Crippen LogP contribution in [-0.2, 0) is 9.47 Å². The van der Waals surface area contributed by atoms with Crippen LogP contribution in [0.1, 0.15) is 30.1 Å². The normalized spacial score (nSPS) is 19.1. The molecule has 31 heavy (non-hydrogen) atoms. The Kier molecular flexibility index (Phi) is 6.41. The molecule has 4 rings (SSSR count). The topological polar surface area (TPSA) is 93.9 Å². The summed E-state index contributed by atoms with van der Waals surface area (Å²) in [5.74, 6) is 0. The minimum absolute atomic E-state index is 0.0232. The minimum atomic E-state index is -0.510. The van der Waals surface area contributed by atoms with Crippen molar-refractivity contribution in [2.24, 2.45) is 0 Å². The van der Waals surface area contributed by atoms with Gasteiger partial charge in [0.2, 0.25) is 0 Å². The Hall–Kier alpha value is -2.68. The van der Waals surface area contributed by atoms with Gasteiger partial charge in [-0.25, -0.2) is 4.79 Å². The first-order valence-electron chi connectivity index (χ1n) is 10.3. The fourth-order valence-electron chi connectivity index (χ4n) is 4.10. The van der Waals surface area contributed by atoms with E-state index in [-0.39, 0.29) is 17.4 Å². The fraction of sp³-hybridized carbons (Fsp3) is 0.409. The van der Waals surface area contributed by atoms with Gasteiger partial charge in [0.15, 0.2) is 0 Å². The lowest BCUT2D eigenvalue weighted by molar-refractivity contribution is -0.385. The number of alkyl carbamates (subject to hydrolysis) is 1. The summed E-state index contributed by atoms with van der Waals surface area (Å²) >= 11 is 6.39. The zero-order chi connectivity index (χ0) is 21.8. The highest BCUT2D eigenvalue weighted by Crippen LogP contribution is 2.34. The van der Waals surface area contributed by atoms with Crippen LogP contribution in [0.4, 0.5) is 10.5 Å². The number of nitrogens with one attached hydrogen (secondary N) is 1. The lowest BCUT2D eigenvalue weighted by atomic mass is 9.92.